The van der Waals surface area contributed by atoms with Crippen LogP contribution in [0.1, 0.15) is 65.8 Å². The normalized spacial score (nSPS) is 18.8. The monoisotopic (exact) mass is 859 g/mol. The van der Waals surface area contributed by atoms with Gasteiger partial charge in [-0.3, -0.25) is 48.9 Å². The molecule has 316 valence electrons. The predicted octanol–water partition coefficient (Wildman–Crippen LogP) is 4.53. The van der Waals surface area contributed by atoms with E-state index in [0.29, 0.717) is 43.1 Å². The molecule has 0 spiro atoms. The number of piperidine rings is 2. The Morgan fingerprint density at radius 3 is 2.32 bits per heavy atom. The maximum atomic E-state index is 15.5. The summed E-state index contributed by atoms with van der Waals surface area (Å²) in [6.45, 7) is 3.96. The molecule has 1 atom stereocenters. The lowest BCUT2D eigenvalue weighted by Crippen LogP contribution is -2.54. The summed E-state index contributed by atoms with van der Waals surface area (Å²) in [5, 5.41) is 11.6. The largest absolute Gasteiger partial charge is 0.492 e. The van der Waals surface area contributed by atoms with Gasteiger partial charge < -0.3 is 24.0 Å². The first-order valence-electron chi connectivity index (χ1n) is 19.7. The predicted molar refractivity (Wildman–Crippen MR) is 223 cm³/mol. The number of amides is 6. The molecule has 5 heterocycles. The van der Waals surface area contributed by atoms with E-state index in [4.69, 9.17) is 26.4 Å². The van der Waals surface area contributed by atoms with Gasteiger partial charge in [0.1, 0.15) is 35.3 Å². The molecule has 4 aliphatic rings. The molecule has 0 saturated carbocycles. The molecule has 62 heavy (non-hydrogen) atoms. The molecular formula is C44H38FN7O9S. The van der Waals surface area contributed by atoms with Crippen molar-refractivity contribution in [1.82, 2.24) is 20.1 Å². The number of benzene rings is 3. The van der Waals surface area contributed by atoms with Crippen LogP contribution in [0, 0.1) is 17.1 Å². The third-order valence-corrected chi connectivity index (χ3v) is 11.7. The number of rotatable bonds is 10. The molecule has 6 amide bonds. The zero-order valence-corrected chi connectivity index (χ0v) is 34.5. The van der Waals surface area contributed by atoms with Crippen LogP contribution >= 0.6 is 12.2 Å². The fourth-order valence-corrected chi connectivity index (χ4v) is 8.55. The number of aromatic nitrogens is 1. The number of likely N-dealkylation sites (tertiary alicyclic amines) is 1. The summed E-state index contributed by atoms with van der Waals surface area (Å²) < 4.78 is 32.6. The lowest BCUT2D eigenvalue weighted by molar-refractivity contribution is -0.137. The lowest BCUT2D eigenvalue weighted by atomic mass is 10.0. The molecular weight excluding hydrogens is 822 g/mol. The van der Waals surface area contributed by atoms with Crippen molar-refractivity contribution < 1.29 is 47.4 Å². The zero-order valence-electron chi connectivity index (χ0n) is 33.7. The van der Waals surface area contributed by atoms with Crippen molar-refractivity contribution in [2.45, 2.75) is 57.2 Å². The summed E-state index contributed by atoms with van der Waals surface area (Å²) >= 11 is 5.71. The highest BCUT2D eigenvalue weighted by molar-refractivity contribution is 7.81. The zero-order chi connectivity index (χ0) is 44.0. The number of nitriles is 1. The minimum Gasteiger partial charge on any atom is -0.492 e. The second-order valence-corrected chi connectivity index (χ2v) is 15.8. The Balaban J connectivity index is 0.833. The average molecular weight is 860 g/mol. The van der Waals surface area contributed by atoms with E-state index in [0.717, 1.165) is 15.4 Å². The van der Waals surface area contributed by atoms with Gasteiger partial charge in [0.05, 0.1) is 47.1 Å². The van der Waals surface area contributed by atoms with Crippen LogP contribution in [0.3, 0.4) is 0 Å². The molecule has 0 aliphatic carbocycles. The summed E-state index contributed by atoms with van der Waals surface area (Å²) in [5.41, 5.74) is 0.833. The van der Waals surface area contributed by atoms with Crippen molar-refractivity contribution in [3.8, 4) is 34.6 Å². The summed E-state index contributed by atoms with van der Waals surface area (Å²) in [4.78, 5) is 86.6. The van der Waals surface area contributed by atoms with Crippen LogP contribution in [-0.4, -0.2) is 99.8 Å². The molecule has 4 aromatic rings. The molecule has 8 rings (SSSR count). The van der Waals surface area contributed by atoms with Crippen LogP contribution in [0.25, 0.3) is 11.3 Å². The summed E-state index contributed by atoms with van der Waals surface area (Å²) in [7, 11) is 1.24. The summed E-state index contributed by atoms with van der Waals surface area (Å²) in [6.07, 6.45) is 2.69. The Kier molecular flexibility index (Phi) is 10.9. The molecule has 1 aromatic heterocycles. The van der Waals surface area contributed by atoms with Gasteiger partial charge in [-0.15, -0.1) is 0 Å². The smallest absolute Gasteiger partial charge is 0.262 e. The molecule has 1 N–H and O–H groups in total. The van der Waals surface area contributed by atoms with E-state index in [1.807, 2.05) is 30.3 Å². The lowest BCUT2D eigenvalue weighted by Gasteiger charge is -2.32. The number of thiocarbonyl (C=S) groups is 1. The van der Waals surface area contributed by atoms with E-state index in [1.165, 1.54) is 37.4 Å². The van der Waals surface area contributed by atoms with Gasteiger partial charge in [-0.25, -0.2) is 4.39 Å². The molecule has 0 bridgehead atoms. The fraction of sp³-hybridized carbons (Fsp3) is 0.295. The fourth-order valence-electron chi connectivity index (χ4n) is 8.03. The standard InChI is InChI=1S/C44H38FN7O9S/c1-44(2)42(58)51(33-13-6-25(21-46)38(59-3)37(33)45)43(62)52(44)26-7-12-32(47-22-26)24-4-8-27(9-5-24)61-28-16-18-49(19-17-28)36(54)23-60-29-10-11-30-31(20-29)41(57)50(40(30)56)34-14-15-35(53)48-39(34)55/h4-13,20,22,28,34H,14-19,23H2,1-3H3,(H,48,53,55). The second kappa shape index (κ2) is 16.3. The number of halogens is 1. The number of pyridine rings is 1. The van der Waals surface area contributed by atoms with Crippen molar-refractivity contribution >= 4 is 64.1 Å². The van der Waals surface area contributed by atoms with Gasteiger partial charge in [-0.2, -0.15) is 5.26 Å². The van der Waals surface area contributed by atoms with E-state index in [1.54, 1.807) is 42.0 Å². The number of carbonyl (C=O) groups is 6. The number of hydrogen-bond donors (Lipinski definition) is 1. The molecule has 0 radical (unpaired) electrons. The van der Waals surface area contributed by atoms with Crippen molar-refractivity contribution in [3.63, 3.8) is 0 Å². The summed E-state index contributed by atoms with van der Waals surface area (Å²) in [5.74, 6) is -3.44. The highest BCUT2D eigenvalue weighted by Crippen LogP contribution is 2.40. The summed E-state index contributed by atoms with van der Waals surface area (Å²) in [6, 6.07) is 18.8. The quantitative estimate of drug-likeness (QED) is 0.173. The van der Waals surface area contributed by atoms with Crippen molar-refractivity contribution in [2.24, 2.45) is 0 Å². The minimum absolute atomic E-state index is 0.0126. The number of fused-ring (bicyclic) bond motifs is 1. The van der Waals surface area contributed by atoms with Crippen LogP contribution in [0.4, 0.5) is 15.8 Å². The maximum Gasteiger partial charge on any atom is 0.262 e. The molecule has 3 fully saturated rings. The van der Waals surface area contributed by atoms with Gasteiger partial charge in [0, 0.05) is 37.9 Å². The van der Waals surface area contributed by atoms with E-state index in [-0.39, 0.29) is 70.4 Å². The third-order valence-electron chi connectivity index (χ3n) is 11.3. The number of ether oxygens (including phenoxy) is 3. The van der Waals surface area contributed by atoms with Gasteiger partial charge in [0.2, 0.25) is 11.8 Å². The van der Waals surface area contributed by atoms with E-state index >= 15 is 4.39 Å². The Labute approximate surface area is 359 Å². The van der Waals surface area contributed by atoms with Crippen molar-refractivity contribution in [2.75, 3.05) is 36.6 Å². The van der Waals surface area contributed by atoms with E-state index < -0.39 is 46.9 Å². The Morgan fingerprint density at radius 2 is 1.66 bits per heavy atom. The Bertz CT molecular complexity index is 2610. The highest BCUT2D eigenvalue weighted by atomic mass is 32.1. The number of imide groups is 2. The van der Waals surface area contributed by atoms with Gasteiger partial charge in [0.15, 0.2) is 23.3 Å². The van der Waals surface area contributed by atoms with Crippen LogP contribution in [0.5, 0.6) is 17.2 Å². The second-order valence-electron chi connectivity index (χ2n) is 15.5. The highest BCUT2D eigenvalue weighted by Gasteiger charge is 2.51. The van der Waals surface area contributed by atoms with Crippen molar-refractivity contribution in [3.05, 3.63) is 95.4 Å². The molecule has 16 nitrogen and oxygen atoms in total. The molecule has 3 saturated heterocycles. The Morgan fingerprint density at radius 1 is 0.952 bits per heavy atom. The average Bonchev–Trinajstić information content (AvgIpc) is 3.61. The van der Waals surface area contributed by atoms with Crippen molar-refractivity contribution in [1.29, 1.82) is 5.26 Å². The van der Waals surface area contributed by atoms with E-state index in [9.17, 15) is 34.0 Å². The number of nitrogens with one attached hydrogen (secondary N) is 1. The SMILES string of the molecule is COc1c(C#N)ccc(N2C(=O)C(C)(C)N(c3ccc(-c4ccc(OC5CCN(C(=O)COc6ccc7c(c6)C(=O)N(C6CCC(=O)NC6=O)C7=O)CC5)cc4)nc3)C2=S)c1F. The van der Waals surface area contributed by atoms with Gasteiger partial charge in [-0.05, 0) is 99.2 Å². The first kappa shape index (κ1) is 41.5. The molecule has 1 unspecified atom stereocenters. The molecule has 18 heteroatoms. The minimum atomic E-state index is -1.19. The van der Waals surface area contributed by atoms with Gasteiger partial charge >= 0.3 is 0 Å². The first-order chi connectivity index (χ1) is 29.7. The van der Waals surface area contributed by atoms with Crippen LogP contribution in [-0.2, 0) is 19.2 Å². The van der Waals surface area contributed by atoms with Crippen LogP contribution < -0.4 is 29.3 Å². The van der Waals surface area contributed by atoms with Gasteiger partial charge in [0.25, 0.3) is 23.6 Å². The third kappa shape index (κ3) is 7.33. The maximum absolute atomic E-state index is 15.5. The molecule has 3 aromatic carbocycles. The topological polar surface area (TPSA) is 192 Å². The number of hydrogen-bond acceptors (Lipinski definition) is 12. The van der Waals surface area contributed by atoms with E-state index in [2.05, 4.69) is 10.3 Å². The Hall–Kier alpha value is -7.26. The number of nitrogens with zero attached hydrogens (tertiary/aromatic N) is 6. The molecule has 4 aliphatic heterocycles. The van der Waals surface area contributed by atoms with Crippen LogP contribution in [0.15, 0.2) is 72.9 Å². The number of methoxy groups -OCH3 is 1. The first-order valence-corrected chi connectivity index (χ1v) is 20.1. The number of anilines is 2. The van der Waals surface area contributed by atoms with Crippen LogP contribution in [0.2, 0.25) is 0 Å². The van der Waals surface area contributed by atoms with Gasteiger partial charge in [-0.1, -0.05) is 0 Å². The number of carbonyl (C=O) groups excluding carboxylic acids is 6.